The fraction of sp³-hybridized carbons (Fsp3) is 0.111. The highest BCUT2D eigenvalue weighted by Crippen LogP contribution is 2.18. The molecule has 0 fully saturated rings. The van der Waals surface area contributed by atoms with Gasteiger partial charge in [-0.2, -0.15) is 5.26 Å². The summed E-state index contributed by atoms with van der Waals surface area (Å²) in [6.45, 7) is 1.71. The zero-order valence-electron chi connectivity index (χ0n) is 13.5. The number of hydrogen-bond donors (Lipinski definition) is 1. The van der Waals surface area contributed by atoms with E-state index in [4.69, 9.17) is 10.00 Å². The molecule has 2 aromatic heterocycles. The molecule has 0 bridgehead atoms. The van der Waals surface area contributed by atoms with Crippen molar-refractivity contribution in [3.8, 4) is 17.6 Å². The molecule has 0 aliphatic rings. The Morgan fingerprint density at radius 2 is 2.04 bits per heavy atom. The molecular weight excluding hydrogens is 318 g/mol. The van der Waals surface area contributed by atoms with Crippen molar-refractivity contribution in [1.82, 2.24) is 14.5 Å². The summed E-state index contributed by atoms with van der Waals surface area (Å²) in [6.07, 6.45) is 5.10. The van der Waals surface area contributed by atoms with Crippen LogP contribution < -0.4 is 10.1 Å². The minimum atomic E-state index is -0.309. The number of amides is 1. The number of anilines is 1. The number of carbonyl (C=O) groups excluding carboxylic acids is 1. The van der Waals surface area contributed by atoms with E-state index in [1.54, 1.807) is 59.6 Å². The van der Waals surface area contributed by atoms with Crippen LogP contribution in [0.3, 0.4) is 0 Å². The van der Waals surface area contributed by atoms with Crippen LogP contribution in [0, 0.1) is 18.3 Å². The van der Waals surface area contributed by atoms with E-state index in [9.17, 15) is 4.79 Å². The molecule has 0 spiro atoms. The number of imidazole rings is 1. The molecule has 1 amide bonds. The van der Waals surface area contributed by atoms with Gasteiger partial charge in [-0.25, -0.2) is 9.97 Å². The SMILES string of the molecule is Cc1nccn1-c1ncccc1NC(=O)COc1ccc(C#N)cc1. The summed E-state index contributed by atoms with van der Waals surface area (Å²) in [5.41, 5.74) is 1.10. The van der Waals surface area contributed by atoms with Gasteiger partial charge in [-0.1, -0.05) is 0 Å². The van der Waals surface area contributed by atoms with Crippen LogP contribution in [0.1, 0.15) is 11.4 Å². The van der Waals surface area contributed by atoms with Crippen molar-refractivity contribution in [2.75, 3.05) is 11.9 Å². The van der Waals surface area contributed by atoms with Gasteiger partial charge >= 0.3 is 0 Å². The predicted octanol–water partition coefficient (Wildman–Crippen LogP) is 2.46. The third kappa shape index (κ3) is 3.82. The lowest BCUT2D eigenvalue weighted by Gasteiger charge is -2.12. The quantitative estimate of drug-likeness (QED) is 0.774. The zero-order valence-corrected chi connectivity index (χ0v) is 13.5. The van der Waals surface area contributed by atoms with Gasteiger partial charge in [0.25, 0.3) is 5.91 Å². The van der Waals surface area contributed by atoms with Crippen LogP contribution in [-0.2, 0) is 4.79 Å². The molecular formula is C18H15N5O2. The van der Waals surface area contributed by atoms with E-state index in [0.717, 1.165) is 5.82 Å². The van der Waals surface area contributed by atoms with Gasteiger partial charge in [0.15, 0.2) is 12.4 Å². The Balaban J connectivity index is 1.67. The Morgan fingerprint density at radius 3 is 2.72 bits per heavy atom. The molecule has 0 saturated heterocycles. The van der Waals surface area contributed by atoms with E-state index >= 15 is 0 Å². The Hall–Kier alpha value is -3.66. The fourth-order valence-electron chi connectivity index (χ4n) is 2.25. The lowest BCUT2D eigenvalue weighted by Crippen LogP contribution is -2.21. The minimum Gasteiger partial charge on any atom is -0.484 e. The van der Waals surface area contributed by atoms with Crippen LogP contribution >= 0.6 is 0 Å². The Bertz CT molecular complexity index is 925. The third-order valence-corrected chi connectivity index (χ3v) is 3.47. The van der Waals surface area contributed by atoms with Crippen molar-refractivity contribution in [3.05, 3.63) is 66.4 Å². The maximum atomic E-state index is 12.2. The molecule has 0 unspecified atom stereocenters. The fourth-order valence-corrected chi connectivity index (χ4v) is 2.25. The van der Waals surface area contributed by atoms with Crippen LogP contribution in [0.2, 0.25) is 0 Å². The maximum Gasteiger partial charge on any atom is 0.262 e. The maximum absolute atomic E-state index is 12.2. The lowest BCUT2D eigenvalue weighted by molar-refractivity contribution is -0.118. The average Bonchev–Trinajstić information content (AvgIpc) is 3.07. The summed E-state index contributed by atoms with van der Waals surface area (Å²) in [5.74, 6) is 1.56. The summed E-state index contributed by atoms with van der Waals surface area (Å²) in [7, 11) is 0. The first-order chi connectivity index (χ1) is 12.2. The molecule has 0 atom stereocenters. The first-order valence-electron chi connectivity index (χ1n) is 7.55. The smallest absolute Gasteiger partial charge is 0.262 e. The Labute approximate surface area is 144 Å². The molecule has 0 saturated carbocycles. The summed E-state index contributed by atoms with van der Waals surface area (Å²) >= 11 is 0. The number of ether oxygens (including phenoxy) is 1. The first-order valence-corrected chi connectivity index (χ1v) is 7.55. The number of benzene rings is 1. The molecule has 124 valence electrons. The van der Waals surface area contributed by atoms with E-state index in [0.29, 0.717) is 22.8 Å². The Morgan fingerprint density at radius 1 is 1.24 bits per heavy atom. The number of nitriles is 1. The summed E-state index contributed by atoms with van der Waals surface area (Å²) < 4.78 is 7.22. The van der Waals surface area contributed by atoms with Crippen LogP contribution in [0.15, 0.2) is 55.0 Å². The van der Waals surface area contributed by atoms with Gasteiger partial charge in [0.2, 0.25) is 0 Å². The van der Waals surface area contributed by atoms with Crippen molar-refractivity contribution in [2.24, 2.45) is 0 Å². The minimum absolute atomic E-state index is 0.150. The summed E-state index contributed by atoms with van der Waals surface area (Å²) in [4.78, 5) is 20.6. The van der Waals surface area contributed by atoms with Gasteiger partial charge in [-0.05, 0) is 43.3 Å². The molecule has 0 radical (unpaired) electrons. The van der Waals surface area contributed by atoms with E-state index in [-0.39, 0.29) is 12.5 Å². The molecule has 1 N–H and O–H groups in total. The van der Waals surface area contributed by atoms with Crippen LogP contribution in [0.5, 0.6) is 5.75 Å². The molecule has 3 aromatic rings. The van der Waals surface area contributed by atoms with Crippen LogP contribution in [0.4, 0.5) is 5.69 Å². The second-order valence-corrected chi connectivity index (χ2v) is 5.19. The molecule has 1 aromatic carbocycles. The highest BCUT2D eigenvalue weighted by molar-refractivity contribution is 5.93. The van der Waals surface area contributed by atoms with E-state index in [1.807, 2.05) is 13.0 Å². The van der Waals surface area contributed by atoms with E-state index < -0.39 is 0 Å². The summed E-state index contributed by atoms with van der Waals surface area (Å²) in [6, 6.07) is 12.1. The number of nitrogens with one attached hydrogen (secondary N) is 1. The van der Waals surface area contributed by atoms with Crippen LogP contribution in [-0.4, -0.2) is 27.0 Å². The third-order valence-electron chi connectivity index (χ3n) is 3.47. The lowest BCUT2D eigenvalue weighted by atomic mass is 10.2. The van der Waals surface area contributed by atoms with Crippen molar-refractivity contribution in [2.45, 2.75) is 6.92 Å². The highest BCUT2D eigenvalue weighted by atomic mass is 16.5. The number of aryl methyl sites for hydroxylation is 1. The molecule has 7 nitrogen and oxygen atoms in total. The molecule has 0 aliphatic carbocycles. The number of rotatable bonds is 5. The van der Waals surface area contributed by atoms with Crippen LogP contribution in [0.25, 0.3) is 5.82 Å². The number of carbonyl (C=O) groups is 1. The van der Waals surface area contributed by atoms with Crippen molar-refractivity contribution >= 4 is 11.6 Å². The van der Waals surface area contributed by atoms with Crippen molar-refractivity contribution < 1.29 is 9.53 Å². The van der Waals surface area contributed by atoms with Gasteiger partial charge in [-0.3, -0.25) is 9.36 Å². The standard InChI is InChI=1S/C18H15N5O2/c1-13-20-9-10-23(13)18-16(3-2-8-21-18)22-17(24)12-25-15-6-4-14(11-19)5-7-15/h2-10H,12H2,1H3,(H,22,24). The topological polar surface area (TPSA) is 92.8 Å². The Kier molecular flexibility index (Phi) is 4.72. The van der Waals surface area contributed by atoms with E-state index in [1.165, 1.54) is 0 Å². The number of hydrogen-bond acceptors (Lipinski definition) is 5. The second-order valence-electron chi connectivity index (χ2n) is 5.19. The zero-order chi connectivity index (χ0) is 17.6. The van der Waals surface area contributed by atoms with Gasteiger partial charge in [0.1, 0.15) is 11.6 Å². The summed E-state index contributed by atoms with van der Waals surface area (Å²) in [5, 5.41) is 11.6. The van der Waals surface area contributed by atoms with Gasteiger partial charge in [0, 0.05) is 18.6 Å². The number of nitrogens with zero attached hydrogens (tertiary/aromatic N) is 4. The highest BCUT2D eigenvalue weighted by Gasteiger charge is 2.11. The molecule has 3 rings (SSSR count). The molecule has 0 aliphatic heterocycles. The second kappa shape index (κ2) is 7.27. The number of pyridine rings is 1. The largest absolute Gasteiger partial charge is 0.484 e. The molecule has 2 heterocycles. The van der Waals surface area contributed by atoms with Gasteiger partial charge < -0.3 is 10.1 Å². The monoisotopic (exact) mass is 333 g/mol. The normalized spacial score (nSPS) is 10.1. The average molecular weight is 333 g/mol. The van der Waals surface area contributed by atoms with Gasteiger partial charge in [0.05, 0.1) is 17.3 Å². The first kappa shape index (κ1) is 16.2. The molecule has 25 heavy (non-hydrogen) atoms. The van der Waals surface area contributed by atoms with Crippen molar-refractivity contribution in [3.63, 3.8) is 0 Å². The van der Waals surface area contributed by atoms with Crippen molar-refractivity contribution in [1.29, 1.82) is 5.26 Å². The van der Waals surface area contributed by atoms with E-state index in [2.05, 4.69) is 15.3 Å². The predicted molar refractivity (Wildman–Crippen MR) is 91.4 cm³/mol. The van der Waals surface area contributed by atoms with Gasteiger partial charge in [-0.15, -0.1) is 0 Å². The number of aromatic nitrogens is 3. The molecule has 7 heteroatoms.